The van der Waals surface area contributed by atoms with E-state index in [0.29, 0.717) is 54.6 Å². The van der Waals surface area contributed by atoms with Gasteiger partial charge in [0.25, 0.3) is 0 Å². The van der Waals surface area contributed by atoms with Gasteiger partial charge in [0, 0.05) is 36.0 Å². The molecular formula is C41H51NO4. The summed E-state index contributed by atoms with van der Waals surface area (Å²) in [7, 11) is 2.00. The van der Waals surface area contributed by atoms with Crippen LogP contribution in [0.2, 0.25) is 0 Å². The molecule has 0 radical (unpaired) electrons. The van der Waals surface area contributed by atoms with Crippen LogP contribution in [0.25, 0.3) is 0 Å². The average Bonchev–Trinajstić information content (AvgIpc) is 3.35. The van der Waals surface area contributed by atoms with E-state index in [4.69, 9.17) is 9.47 Å². The summed E-state index contributed by atoms with van der Waals surface area (Å²) in [4.78, 5) is 25.5. The van der Waals surface area contributed by atoms with Crippen molar-refractivity contribution in [3.05, 3.63) is 124 Å². The van der Waals surface area contributed by atoms with Crippen LogP contribution in [-0.4, -0.2) is 22.9 Å². The van der Waals surface area contributed by atoms with E-state index in [-0.39, 0.29) is 17.9 Å². The lowest BCUT2D eigenvalue weighted by Gasteiger charge is -2.21. The average molecular weight is 622 g/mol. The van der Waals surface area contributed by atoms with Gasteiger partial charge in [0.1, 0.15) is 11.9 Å². The third kappa shape index (κ3) is 9.22. The smallest absolute Gasteiger partial charge is 0.305 e. The lowest BCUT2D eigenvalue weighted by atomic mass is 9.95. The van der Waals surface area contributed by atoms with E-state index in [1.54, 1.807) is 0 Å². The van der Waals surface area contributed by atoms with E-state index in [9.17, 15) is 9.59 Å². The van der Waals surface area contributed by atoms with Gasteiger partial charge in [-0.05, 0) is 103 Å². The van der Waals surface area contributed by atoms with Gasteiger partial charge in [0.05, 0.1) is 6.61 Å². The second kappa shape index (κ2) is 16.4. The fourth-order valence-corrected chi connectivity index (χ4v) is 6.12. The topological polar surface area (TPSA) is 57.5 Å². The third-order valence-electron chi connectivity index (χ3n) is 8.38. The van der Waals surface area contributed by atoms with Crippen molar-refractivity contribution in [1.82, 2.24) is 4.57 Å². The Hall–Kier alpha value is -4.12. The first-order chi connectivity index (χ1) is 22.1. The van der Waals surface area contributed by atoms with Gasteiger partial charge in [-0.25, -0.2) is 0 Å². The minimum absolute atomic E-state index is 0.00586. The summed E-state index contributed by atoms with van der Waals surface area (Å²) in [5.41, 5.74) is 8.21. The largest absolute Gasteiger partial charge is 0.481 e. The molecule has 3 aromatic carbocycles. The first kappa shape index (κ1) is 34.7. The highest BCUT2D eigenvalue weighted by Crippen LogP contribution is 2.31. The summed E-state index contributed by atoms with van der Waals surface area (Å²) in [5, 5.41) is 0. The van der Waals surface area contributed by atoms with Gasteiger partial charge < -0.3 is 14.0 Å². The second-order valence-electron chi connectivity index (χ2n) is 13.1. The zero-order valence-corrected chi connectivity index (χ0v) is 28.8. The van der Waals surface area contributed by atoms with Crippen LogP contribution in [0.4, 0.5) is 0 Å². The van der Waals surface area contributed by atoms with Crippen molar-refractivity contribution in [3.8, 4) is 5.75 Å². The fraction of sp³-hybridized carbons (Fsp3) is 0.415. The van der Waals surface area contributed by atoms with Crippen LogP contribution in [0.15, 0.2) is 78.9 Å². The molecule has 1 aromatic heterocycles. The Labute approximate surface area is 276 Å². The first-order valence-corrected chi connectivity index (χ1v) is 16.9. The quantitative estimate of drug-likeness (QED) is 0.0924. The molecule has 0 aliphatic rings. The number of ether oxygens (including phenoxy) is 2. The molecule has 4 rings (SSSR count). The van der Waals surface area contributed by atoms with Gasteiger partial charge in [-0.2, -0.15) is 0 Å². The minimum Gasteiger partial charge on any atom is -0.481 e. The Kier molecular flexibility index (Phi) is 12.4. The highest BCUT2D eigenvalue weighted by molar-refractivity contribution is 6.10. The van der Waals surface area contributed by atoms with Crippen LogP contribution < -0.4 is 4.74 Å². The van der Waals surface area contributed by atoms with Crippen molar-refractivity contribution in [2.45, 2.75) is 86.2 Å². The normalized spacial score (nSPS) is 11.4. The van der Waals surface area contributed by atoms with Crippen molar-refractivity contribution >= 4 is 11.8 Å². The monoisotopic (exact) mass is 621 g/mol. The maximum absolute atomic E-state index is 13.7. The van der Waals surface area contributed by atoms with E-state index in [0.717, 1.165) is 41.8 Å². The van der Waals surface area contributed by atoms with Crippen LogP contribution in [0.3, 0.4) is 0 Å². The molecule has 0 fully saturated rings. The number of rotatable bonds is 16. The molecule has 0 saturated heterocycles. The van der Waals surface area contributed by atoms with E-state index < -0.39 is 0 Å². The molecule has 0 bridgehead atoms. The van der Waals surface area contributed by atoms with Crippen LogP contribution in [0.1, 0.15) is 110 Å². The zero-order valence-electron chi connectivity index (χ0n) is 28.8. The zero-order chi connectivity index (χ0) is 33.2. The lowest BCUT2D eigenvalue weighted by Crippen LogP contribution is -2.10. The van der Waals surface area contributed by atoms with Crippen molar-refractivity contribution in [3.63, 3.8) is 0 Å². The summed E-state index contributed by atoms with van der Waals surface area (Å²) in [6.07, 6.45) is 4.31. The first-order valence-electron chi connectivity index (χ1n) is 16.9. The standard InChI is InChI=1S/C41H51NO4/c1-8-38-37(27-35(42(38)7)11-10-12-39(43)45-9-2)40(44)32-21-23-36(24-22-32)46-41(33-17-13-30(14-18-33)25-28(3)4)34-19-15-31(16-20-34)26-29(5)6/h13-24,27-29,41H,8-12,25-26H2,1-7H3. The number of aryl methyl sites for hydroxylation is 1. The molecule has 5 nitrogen and oxygen atoms in total. The van der Waals surface area contributed by atoms with Crippen molar-refractivity contribution in [2.75, 3.05) is 6.61 Å². The van der Waals surface area contributed by atoms with Gasteiger partial charge >= 0.3 is 5.97 Å². The summed E-state index contributed by atoms with van der Waals surface area (Å²) < 4.78 is 13.8. The van der Waals surface area contributed by atoms with Gasteiger partial charge in [0.15, 0.2) is 5.78 Å². The highest BCUT2D eigenvalue weighted by atomic mass is 16.5. The Morgan fingerprint density at radius 3 is 1.78 bits per heavy atom. The van der Waals surface area contributed by atoms with Crippen LogP contribution in [0, 0.1) is 11.8 Å². The molecule has 0 aliphatic heterocycles. The number of ketones is 1. The molecule has 4 aromatic rings. The number of hydrogen-bond donors (Lipinski definition) is 0. The third-order valence-corrected chi connectivity index (χ3v) is 8.38. The van der Waals surface area contributed by atoms with E-state index >= 15 is 0 Å². The van der Waals surface area contributed by atoms with Crippen LogP contribution >= 0.6 is 0 Å². The molecule has 244 valence electrons. The van der Waals surface area contributed by atoms with Gasteiger partial charge in [0.2, 0.25) is 0 Å². The maximum atomic E-state index is 13.7. The predicted octanol–water partition coefficient (Wildman–Crippen LogP) is 9.27. The molecule has 0 saturated carbocycles. The number of hydrogen-bond acceptors (Lipinski definition) is 4. The lowest BCUT2D eigenvalue weighted by molar-refractivity contribution is -0.143. The Bertz CT molecular complexity index is 1510. The minimum atomic E-state index is -0.277. The Morgan fingerprint density at radius 2 is 1.30 bits per heavy atom. The Morgan fingerprint density at radius 1 is 0.761 bits per heavy atom. The number of esters is 1. The summed E-state index contributed by atoms with van der Waals surface area (Å²) >= 11 is 0. The predicted molar refractivity (Wildman–Crippen MR) is 187 cm³/mol. The van der Waals surface area contributed by atoms with E-state index in [1.165, 1.54) is 11.1 Å². The van der Waals surface area contributed by atoms with Crippen LogP contribution in [-0.2, 0) is 42.3 Å². The van der Waals surface area contributed by atoms with Gasteiger partial charge in [-0.1, -0.05) is 83.1 Å². The summed E-state index contributed by atoms with van der Waals surface area (Å²) in [5.74, 6) is 1.72. The Balaban J connectivity index is 1.54. The molecule has 0 spiro atoms. The molecule has 46 heavy (non-hydrogen) atoms. The summed E-state index contributed by atoms with van der Waals surface area (Å²) in [6.45, 7) is 13.2. The van der Waals surface area contributed by atoms with E-state index in [1.807, 2.05) is 44.3 Å². The van der Waals surface area contributed by atoms with Crippen molar-refractivity contribution in [2.24, 2.45) is 18.9 Å². The van der Waals surface area contributed by atoms with Crippen molar-refractivity contribution < 1.29 is 19.1 Å². The number of benzene rings is 3. The summed E-state index contributed by atoms with van der Waals surface area (Å²) in [6, 6.07) is 27.0. The van der Waals surface area contributed by atoms with Gasteiger partial charge in [-0.15, -0.1) is 0 Å². The fourth-order valence-electron chi connectivity index (χ4n) is 6.12. The second-order valence-corrected chi connectivity index (χ2v) is 13.1. The van der Waals surface area contributed by atoms with Gasteiger partial charge in [-0.3, -0.25) is 9.59 Å². The molecular weight excluding hydrogens is 570 g/mol. The molecule has 0 aliphatic carbocycles. The molecule has 0 atom stereocenters. The van der Waals surface area contributed by atoms with E-state index in [2.05, 4.69) is 87.7 Å². The maximum Gasteiger partial charge on any atom is 0.305 e. The van der Waals surface area contributed by atoms with Crippen LogP contribution in [0.5, 0.6) is 5.75 Å². The molecule has 0 unspecified atom stereocenters. The SMILES string of the molecule is CCOC(=O)CCCc1cc(C(=O)c2ccc(OC(c3ccc(CC(C)C)cc3)c3ccc(CC(C)C)cc3)cc2)c(CC)n1C. The number of aromatic nitrogens is 1. The number of carbonyl (C=O) groups excluding carboxylic acids is 2. The highest BCUT2D eigenvalue weighted by Gasteiger charge is 2.21. The number of nitrogens with zero attached hydrogens (tertiary/aromatic N) is 1. The molecule has 1 heterocycles. The molecule has 0 amide bonds. The molecule has 5 heteroatoms. The van der Waals surface area contributed by atoms with Crippen molar-refractivity contribution in [1.29, 1.82) is 0 Å². The number of carbonyl (C=O) groups is 2. The molecule has 0 N–H and O–H groups in total.